The Labute approximate surface area is 153 Å². The number of nitrogens with one attached hydrogen (secondary N) is 1. The number of piperidine rings is 1. The Morgan fingerprint density at radius 2 is 2.04 bits per heavy atom. The zero-order chi connectivity index (χ0) is 17.9. The van der Waals surface area contributed by atoms with Gasteiger partial charge in [-0.25, -0.2) is 0 Å². The van der Waals surface area contributed by atoms with Crippen molar-refractivity contribution < 1.29 is 9.53 Å². The number of ether oxygens (including phenoxy) is 1. The predicted molar refractivity (Wildman–Crippen MR) is 97.0 cm³/mol. The molecule has 1 amide bonds. The molecule has 1 fully saturated rings. The molecular formula is C19H25N5O2. The highest BCUT2D eigenvalue weighted by Crippen LogP contribution is 2.28. The smallest absolute Gasteiger partial charge is 0.227 e. The molecule has 2 aliphatic rings. The molecule has 1 saturated heterocycles. The minimum atomic E-state index is 0.167. The van der Waals surface area contributed by atoms with E-state index in [2.05, 4.69) is 20.1 Å². The van der Waals surface area contributed by atoms with Gasteiger partial charge in [-0.2, -0.15) is 0 Å². The molecule has 0 aliphatic carbocycles. The van der Waals surface area contributed by atoms with Crippen molar-refractivity contribution in [2.75, 3.05) is 26.7 Å². The number of amides is 1. The van der Waals surface area contributed by atoms with Crippen LogP contribution < -0.4 is 10.1 Å². The van der Waals surface area contributed by atoms with E-state index in [4.69, 9.17) is 4.74 Å². The van der Waals surface area contributed by atoms with Crippen LogP contribution in [0.3, 0.4) is 0 Å². The predicted octanol–water partition coefficient (Wildman–Crippen LogP) is 1.34. The number of benzene rings is 1. The number of nitrogens with zero attached hydrogens (tertiary/aromatic N) is 4. The maximum atomic E-state index is 12.7. The van der Waals surface area contributed by atoms with Crippen molar-refractivity contribution in [1.29, 1.82) is 0 Å². The number of likely N-dealkylation sites (tertiary alicyclic amines) is 1. The monoisotopic (exact) mass is 355 g/mol. The molecular weight excluding hydrogens is 330 g/mol. The largest absolute Gasteiger partial charge is 0.496 e. The second-order valence-electron chi connectivity index (χ2n) is 6.95. The molecule has 0 spiro atoms. The SMILES string of the molecule is COc1ccccc1CC(=O)N1CCC(c2nnc3n2CCNC3)CC1. The van der Waals surface area contributed by atoms with Gasteiger partial charge < -0.3 is 19.5 Å². The van der Waals surface area contributed by atoms with E-state index in [0.717, 1.165) is 68.5 Å². The number of fused-ring (bicyclic) bond motifs is 1. The average Bonchev–Trinajstić information content (AvgIpc) is 3.12. The van der Waals surface area contributed by atoms with Gasteiger partial charge in [0.1, 0.15) is 17.4 Å². The molecule has 4 rings (SSSR count). The number of carbonyl (C=O) groups is 1. The van der Waals surface area contributed by atoms with Crippen LogP contribution in [-0.2, 0) is 24.3 Å². The Morgan fingerprint density at radius 1 is 1.23 bits per heavy atom. The van der Waals surface area contributed by atoms with Crippen molar-refractivity contribution in [3.8, 4) is 5.75 Å². The first-order valence-corrected chi connectivity index (χ1v) is 9.28. The summed E-state index contributed by atoms with van der Waals surface area (Å²) in [5.74, 6) is 3.46. The number of hydrogen-bond acceptors (Lipinski definition) is 5. The van der Waals surface area contributed by atoms with Crippen molar-refractivity contribution >= 4 is 5.91 Å². The van der Waals surface area contributed by atoms with Crippen molar-refractivity contribution in [2.24, 2.45) is 0 Å². The molecule has 7 heteroatoms. The molecule has 1 N–H and O–H groups in total. The number of aromatic nitrogens is 3. The lowest BCUT2D eigenvalue weighted by Gasteiger charge is -2.32. The standard InChI is InChI=1S/C19H25N5O2/c1-26-16-5-3-2-4-15(16)12-18(25)23-9-6-14(7-10-23)19-22-21-17-13-20-8-11-24(17)19/h2-5,14,20H,6-13H2,1H3. The third kappa shape index (κ3) is 3.31. The maximum absolute atomic E-state index is 12.7. The molecule has 1 aromatic heterocycles. The van der Waals surface area contributed by atoms with E-state index >= 15 is 0 Å². The summed E-state index contributed by atoms with van der Waals surface area (Å²) in [6, 6.07) is 7.73. The molecule has 26 heavy (non-hydrogen) atoms. The topological polar surface area (TPSA) is 72.3 Å². The van der Waals surface area contributed by atoms with E-state index in [0.29, 0.717) is 12.3 Å². The van der Waals surface area contributed by atoms with Crippen LogP contribution in [0, 0.1) is 0 Å². The summed E-state index contributed by atoms with van der Waals surface area (Å²) in [7, 11) is 1.64. The van der Waals surface area contributed by atoms with Crippen molar-refractivity contribution in [2.45, 2.75) is 38.3 Å². The molecule has 0 bridgehead atoms. The summed E-state index contributed by atoms with van der Waals surface area (Å²) in [4.78, 5) is 14.7. The van der Waals surface area contributed by atoms with Gasteiger partial charge in [0.25, 0.3) is 0 Å². The van der Waals surface area contributed by atoms with Gasteiger partial charge in [0.05, 0.1) is 20.1 Å². The Hall–Kier alpha value is -2.41. The summed E-state index contributed by atoms with van der Waals surface area (Å²) in [6.07, 6.45) is 2.28. The number of methoxy groups -OCH3 is 1. The summed E-state index contributed by atoms with van der Waals surface area (Å²) < 4.78 is 7.62. The maximum Gasteiger partial charge on any atom is 0.227 e. The number of carbonyl (C=O) groups excluding carboxylic acids is 1. The van der Waals surface area contributed by atoms with Crippen molar-refractivity contribution in [3.05, 3.63) is 41.5 Å². The van der Waals surface area contributed by atoms with Gasteiger partial charge in [-0.15, -0.1) is 10.2 Å². The molecule has 0 atom stereocenters. The Morgan fingerprint density at radius 3 is 2.85 bits per heavy atom. The molecule has 138 valence electrons. The minimum absolute atomic E-state index is 0.167. The zero-order valence-electron chi connectivity index (χ0n) is 15.1. The van der Waals surface area contributed by atoms with Crippen LogP contribution >= 0.6 is 0 Å². The fraction of sp³-hybridized carbons (Fsp3) is 0.526. The van der Waals surface area contributed by atoms with Crippen LogP contribution in [0.25, 0.3) is 0 Å². The Bertz CT molecular complexity index is 780. The van der Waals surface area contributed by atoms with Crippen LogP contribution in [0.2, 0.25) is 0 Å². The molecule has 1 aromatic carbocycles. The van der Waals surface area contributed by atoms with Gasteiger partial charge in [0.2, 0.25) is 5.91 Å². The number of hydrogen-bond donors (Lipinski definition) is 1. The van der Waals surface area contributed by atoms with Crippen LogP contribution in [-0.4, -0.2) is 52.3 Å². The highest BCUT2D eigenvalue weighted by molar-refractivity contribution is 5.79. The number of para-hydroxylation sites is 1. The van der Waals surface area contributed by atoms with E-state index < -0.39 is 0 Å². The summed E-state index contributed by atoms with van der Waals surface area (Å²) in [5, 5.41) is 12.1. The minimum Gasteiger partial charge on any atom is -0.496 e. The highest BCUT2D eigenvalue weighted by atomic mass is 16.5. The lowest BCUT2D eigenvalue weighted by molar-refractivity contribution is -0.131. The molecule has 2 aromatic rings. The van der Waals surface area contributed by atoms with Crippen LogP contribution in [0.1, 0.15) is 36.0 Å². The van der Waals surface area contributed by atoms with Crippen LogP contribution in [0.5, 0.6) is 5.75 Å². The Kier molecular flexibility index (Phi) is 4.88. The van der Waals surface area contributed by atoms with Gasteiger partial charge in [-0.3, -0.25) is 4.79 Å². The quantitative estimate of drug-likeness (QED) is 0.896. The second-order valence-corrected chi connectivity index (χ2v) is 6.95. The fourth-order valence-corrected chi connectivity index (χ4v) is 3.93. The van der Waals surface area contributed by atoms with E-state index in [-0.39, 0.29) is 5.91 Å². The highest BCUT2D eigenvalue weighted by Gasteiger charge is 2.28. The van der Waals surface area contributed by atoms with Crippen LogP contribution in [0.4, 0.5) is 0 Å². The van der Waals surface area contributed by atoms with E-state index in [1.54, 1.807) is 7.11 Å². The molecule has 0 saturated carbocycles. The summed E-state index contributed by atoms with van der Waals surface area (Å²) in [5.41, 5.74) is 0.946. The Balaban J connectivity index is 1.37. The third-order valence-electron chi connectivity index (χ3n) is 5.40. The summed E-state index contributed by atoms with van der Waals surface area (Å²) >= 11 is 0. The van der Waals surface area contributed by atoms with Crippen LogP contribution in [0.15, 0.2) is 24.3 Å². The molecule has 7 nitrogen and oxygen atoms in total. The fourth-order valence-electron chi connectivity index (χ4n) is 3.93. The first kappa shape index (κ1) is 17.0. The van der Waals surface area contributed by atoms with Gasteiger partial charge in [0.15, 0.2) is 0 Å². The third-order valence-corrected chi connectivity index (χ3v) is 5.40. The molecule has 2 aliphatic heterocycles. The van der Waals surface area contributed by atoms with E-state index in [1.807, 2.05) is 29.2 Å². The van der Waals surface area contributed by atoms with Gasteiger partial charge >= 0.3 is 0 Å². The average molecular weight is 355 g/mol. The van der Waals surface area contributed by atoms with Gasteiger partial charge in [-0.05, 0) is 18.9 Å². The van der Waals surface area contributed by atoms with Crippen molar-refractivity contribution in [1.82, 2.24) is 25.0 Å². The lowest BCUT2D eigenvalue weighted by Crippen LogP contribution is -2.39. The number of rotatable bonds is 4. The van der Waals surface area contributed by atoms with Crippen molar-refractivity contribution in [3.63, 3.8) is 0 Å². The zero-order valence-corrected chi connectivity index (χ0v) is 15.1. The molecule has 3 heterocycles. The molecule has 0 radical (unpaired) electrons. The lowest BCUT2D eigenvalue weighted by atomic mass is 9.95. The first-order chi connectivity index (χ1) is 12.8. The first-order valence-electron chi connectivity index (χ1n) is 9.28. The van der Waals surface area contributed by atoms with Gasteiger partial charge in [0, 0.05) is 37.7 Å². The van der Waals surface area contributed by atoms with E-state index in [1.165, 1.54) is 0 Å². The normalized spacial score (nSPS) is 17.8. The van der Waals surface area contributed by atoms with E-state index in [9.17, 15) is 4.79 Å². The van der Waals surface area contributed by atoms with Gasteiger partial charge in [-0.1, -0.05) is 18.2 Å². The molecule has 0 unspecified atom stereocenters. The second kappa shape index (κ2) is 7.45. The summed E-state index contributed by atoms with van der Waals surface area (Å²) in [6.45, 7) is 4.25.